The Bertz CT molecular complexity index is 103. The van der Waals surface area contributed by atoms with Crippen LogP contribution in [0.5, 0.6) is 0 Å². The minimum absolute atomic E-state index is 0.671. The Hall–Kier alpha value is 0.350. The van der Waals surface area contributed by atoms with Crippen molar-refractivity contribution in [2.24, 2.45) is 0 Å². The Morgan fingerprint density at radius 1 is 0.769 bits per heavy atom. The van der Waals surface area contributed by atoms with Crippen LogP contribution in [0.1, 0.15) is 52.4 Å². The van der Waals surface area contributed by atoms with E-state index < -0.39 is 7.72 Å². The fourth-order valence-electron chi connectivity index (χ4n) is 1.44. The Balaban J connectivity index is 3.42. The van der Waals surface area contributed by atoms with Crippen molar-refractivity contribution in [3.8, 4) is 0 Å². The SMILES string of the molecule is CCCCC[PH](O)(O)CCCCC. The van der Waals surface area contributed by atoms with E-state index >= 15 is 0 Å². The molecule has 0 aliphatic heterocycles. The molecule has 2 nitrogen and oxygen atoms in total. The van der Waals surface area contributed by atoms with Gasteiger partial charge in [-0.1, -0.05) is 0 Å². The molecule has 0 spiro atoms. The van der Waals surface area contributed by atoms with E-state index in [2.05, 4.69) is 13.8 Å². The minimum atomic E-state index is -2.78. The molecule has 0 aliphatic carbocycles. The summed E-state index contributed by atoms with van der Waals surface area (Å²) in [4.78, 5) is 19.3. The standard InChI is InChI=1S/C10H25O2P/c1-3-5-7-9-13(11,12)10-8-6-4-2/h11-13H,3-10H2,1-2H3. The third kappa shape index (κ3) is 8.67. The zero-order valence-corrected chi connectivity index (χ0v) is 10.1. The van der Waals surface area contributed by atoms with Gasteiger partial charge >= 0.3 is 82.2 Å². The van der Waals surface area contributed by atoms with Crippen LogP contribution in [0.15, 0.2) is 0 Å². The molecule has 0 radical (unpaired) electrons. The Morgan fingerprint density at radius 2 is 1.15 bits per heavy atom. The van der Waals surface area contributed by atoms with Gasteiger partial charge < -0.3 is 0 Å². The van der Waals surface area contributed by atoms with Gasteiger partial charge in [-0.3, -0.25) is 0 Å². The van der Waals surface area contributed by atoms with Crippen LogP contribution in [0.2, 0.25) is 0 Å². The van der Waals surface area contributed by atoms with Crippen LogP contribution >= 0.6 is 7.72 Å². The van der Waals surface area contributed by atoms with Crippen molar-refractivity contribution in [2.45, 2.75) is 52.4 Å². The predicted octanol–water partition coefficient (Wildman–Crippen LogP) is 2.93. The van der Waals surface area contributed by atoms with Crippen LogP contribution in [0.4, 0.5) is 0 Å². The molecule has 2 N–H and O–H groups in total. The van der Waals surface area contributed by atoms with Crippen LogP contribution in [0.25, 0.3) is 0 Å². The average Bonchev–Trinajstić information content (AvgIpc) is 2.05. The van der Waals surface area contributed by atoms with E-state index in [1.807, 2.05) is 0 Å². The normalized spacial score (nSPS) is 13.2. The summed E-state index contributed by atoms with van der Waals surface area (Å²) in [6, 6.07) is 0. The molecular formula is C10H25O2P. The third-order valence-electron chi connectivity index (χ3n) is 2.36. The van der Waals surface area contributed by atoms with Crippen LogP contribution < -0.4 is 0 Å². The maximum atomic E-state index is 9.66. The van der Waals surface area contributed by atoms with Gasteiger partial charge in [0.25, 0.3) is 0 Å². The number of hydrogen-bond donors (Lipinski definition) is 2. The van der Waals surface area contributed by atoms with Crippen molar-refractivity contribution in [3.63, 3.8) is 0 Å². The number of hydrogen-bond acceptors (Lipinski definition) is 2. The molecule has 0 heterocycles. The molecule has 0 aromatic carbocycles. The third-order valence-corrected chi connectivity index (χ3v) is 4.67. The molecule has 0 amide bonds. The van der Waals surface area contributed by atoms with Gasteiger partial charge in [-0.25, -0.2) is 0 Å². The molecular weight excluding hydrogens is 183 g/mol. The molecule has 0 aliphatic rings. The van der Waals surface area contributed by atoms with Gasteiger partial charge in [0.1, 0.15) is 0 Å². The zero-order valence-electron chi connectivity index (χ0n) is 9.05. The van der Waals surface area contributed by atoms with Gasteiger partial charge in [-0.2, -0.15) is 0 Å². The van der Waals surface area contributed by atoms with Crippen molar-refractivity contribution in [2.75, 3.05) is 12.3 Å². The summed E-state index contributed by atoms with van der Waals surface area (Å²) in [5.74, 6) is 0. The Labute approximate surface area is 82.9 Å². The molecule has 0 unspecified atom stereocenters. The zero-order chi connectivity index (χ0) is 10.2. The monoisotopic (exact) mass is 208 g/mol. The van der Waals surface area contributed by atoms with E-state index in [0.717, 1.165) is 38.5 Å². The molecule has 0 aromatic rings. The van der Waals surface area contributed by atoms with Crippen molar-refractivity contribution < 1.29 is 9.79 Å². The second-order valence-corrected chi connectivity index (χ2v) is 6.86. The first-order chi connectivity index (χ1) is 6.12. The van der Waals surface area contributed by atoms with E-state index in [-0.39, 0.29) is 0 Å². The van der Waals surface area contributed by atoms with Crippen molar-refractivity contribution >= 4 is 7.72 Å². The van der Waals surface area contributed by atoms with Gasteiger partial charge in [0, 0.05) is 0 Å². The van der Waals surface area contributed by atoms with Crippen LogP contribution in [0.3, 0.4) is 0 Å². The van der Waals surface area contributed by atoms with Crippen LogP contribution in [0, 0.1) is 0 Å². The fourth-order valence-corrected chi connectivity index (χ4v) is 3.32. The molecule has 82 valence electrons. The molecule has 13 heavy (non-hydrogen) atoms. The maximum absolute atomic E-state index is 9.66. The Morgan fingerprint density at radius 3 is 1.46 bits per heavy atom. The molecule has 0 saturated carbocycles. The summed E-state index contributed by atoms with van der Waals surface area (Å²) in [6.45, 7) is 4.27. The van der Waals surface area contributed by atoms with Crippen molar-refractivity contribution in [1.82, 2.24) is 0 Å². The van der Waals surface area contributed by atoms with Gasteiger partial charge in [0.05, 0.1) is 0 Å². The second-order valence-electron chi connectivity index (χ2n) is 3.90. The first-order valence-corrected chi connectivity index (χ1v) is 7.88. The molecule has 3 heteroatoms. The van der Waals surface area contributed by atoms with E-state index in [9.17, 15) is 9.79 Å². The number of rotatable bonds is 8. The number of unbranched alkanes of at least 4 members (excludes halogenated alkanes) is 4. The van der Waals surface area contributed by atoms with Crippen molar-refractivity contribution in [1.29, 1.82) is 0 Å². The molecule has 0 fully saturated rings. The Kier molecular flexibility index (Phi) is 7.93. The predicted molar refractivity (Wildman–Crippen MR) is 61.5 cm³/mol. The summed E-state index contributed by atoms with van der Waals surface area (Å²) < 4.78 is 0. The van der Waals surface area contributed by atoms with Gasteiger partial charge in [-0.15, -0.1) is 0 Å². The topological polar surface area (TPSA) is 40.5 Å². The van der Waals surface area contributed by atoms with Gasteiger partial charge in [-0.05, 0) is 0 Å². The molecule has 0 rings (SSSR count). The molecule has 0 saturated heterocycles. The summed E-state index contributed by atoms with van der Waals surface area (Å²) in [5, 5.41) is 0. The fraction of sp³-hybridized carbons (Fsp3) is 1.00. The van der Waals surface area contributed by atoms with Gasteiger partial charge in [0.15, 0.2) is 0 Å². The first kappa shape index (κ1) is 13.4. The van der Waals surface area contributed by atoms with E-state index in [4.69, 9.17) is 0 Å². The van der Waals surface area contributed by atoms with Gasteiger partial charge in [0.2, 0.25) is 0 Å². The summed E-state index contributed by atoms with van der Waals surface area (Å²) in [7, 11) is -2.78. The summed E-state index contributed by atoms with van der Waals surface area (Å²) >= 11 is 0. The summed E-state index contributed by atoms with van der Waals surface area (Å²) in [5.41, 5.74) is 0. The molecule has 0 aromatic heterocycles. The first-order valence-electron chi connectivity index (χ1n) is 5.57. The second kappa shape index (κ2) is 7.73. The molecule has 0 bridgehead atoms. The average molecular weight is 208 g/mol. The van der Waals surface area contributed by atoms with Crippen LogP contribution in [-0.2, 0) is 0 Å². The molecule has 0 atom stereocenters. The van der Waals surface area contributed by atoms with Crippen LogP contribution in [-0.4, -0.2) is 22.1 Å². The van der Waals surface area contributed by atoms with E-state index in [0.29, 0.717) is 12.3 Å². The summed E-state index contributed by atoms with van der Waals surface area (Å²) in [6.07, 6.45) is 7.88. The van der Waals surface area contributed by atoms with E-state index in [1.165, 1.54) is 0 Å². The quantitative estimate of drug-likeness (QED) is 0.475. The van der Waals surface area contributed by atoms with E-state index in [1.54, 1.807) is 0 Å². The van der Waals surface area contributed by atoms with Crippen molar-refractivity contribution in [3.05, 3.63) is 0 Å².